The highest BCUT2D eigenvalue weighted by molar-refractivity contribution is 6.35. The molecular formula is C40H44O2. The van der Waals surface area contributed by atoms with E-state index in [4.69, 9.17) is 9.47 Å². The summed E-state index contributed by atoms with van der Waals surface area (Å²) in [4.78, 5) is 0. The molecule has 0 spiro atoms. The van der Waals surface area contributed by atoms with Crippen LogP contribution in [0.2, 0.25) is 0 Å². The third-order valence-corrected chi connectivity index (χ3v) is 8.99. The molecule has 2 aromatic rings. The summed E-state index contributed by atoms with van der Waals surface area (Å²) < 4.78 is 12.9. The van der Waals surface area contributed by atoms with E-state index in [-0.39, 0.29) is 0 Å². The van der Waals surface area contributed by atoms with Crippen molar-refractivity contribution in [1.29, 1.82) is 0 Å². The topological polar surface area (TPSA) is 18.5 Å². The first kappa shape index (κ1) is 28.3. The normalized spacial score (nSPS) is 11.9. The number of aryl methyl sites for hydroxylation is 6. The van der Waals surface area contributed by atoms with Gasteiger partial charge in [-0.3, -0.25) is 0 Å². The second-order valence-corrected chi connectivity index (χ2v) is 12.5. The van der Waals surface area contributed by atoms with Crippen LogP contribution in [0.1, 0.15) is 72.9 Å². The molecule has 42 heavy (non-hydrogen) atoms. The molecule has 0 bridgehead atoms. The number of benzene rings is 2. The van der Waals surface area contributed by atoms with Crippen LogP contribution in [-0.2, 0) is 0 Å². The minimum atomic E-state index is 0.697. The summed E-state index contributed by atoms with van der Waals surface area (Å²) in [7, 11) is 0. The fraction of sp³-hybridized carbons (Fsp3) is 0.350. The van der Waals surface area contributed by atoms with Gasteiger partial charge in [-0.2, -0.15) is 0 Å². The van der Waals surface area contributed by atoms with E-state index >= 15 is 0 Å². The minimum absolute atomic E-state index is 0.697. The van der Waals surface area contributed by atoms with Gasteiger partial charge in [0.2, 0.25) is 0 Å². The van der Waals surface area contributed by atoms with Crippen molar-refractivity contribution >= 4 is 32.3 Å². The predicted octanol–water partition coefficient (Wildman–Crippen LogP) is 11.6. The number of unbranched alkanes of at least 4 members (excludes halogenated alkanes) is 2. The molecule has 0 atom stereocenters. The smallest absolute Gasteiger partial charge is 0.161 e. The molecule has 0 heterocycles. The molecule has 0 fully saturated rings. The molecule has 0 N–H and O–H groups in total. The lowest BCUT2D eigenvalue weighted by atomic mass is 9.93. The Kier molecular flexibility index (Phi) is 7.51. The van der Waals surface area contributed by atoms with Crippen molar-refractivity contribution in [2.75, 3.05) is 13.2 Å². The fourth-order valence-electron chi connectivity index (χ4n) is 7.13. The standard InChI is InChI=1S/C40H44O2/c1-9-11-13-41-35-21-31-32(22-36(35)42-14-12-10-2)34-20-30-26(6)16-24(4)18-28(8)38(30)40(34)39-33(31)19-29-25(5)15-23(3)17-27(7)37(29)39/h15-22H,9-14H2,1-8H3. The van der Waals surface area contributed by atoms with Crippen LogP contribution in [0.3, 0.4) is 0 Å². The van der Waals surface area contributed by atoms with Crippen molar-refractivity contribution in [3.05, 3.63) is 81.9 Å². The van der Waals surface area contributed by atoms with Gasteiger partial charge in [-0.1, -0.05) is 62.1 Å². The van der Waals surface area contributed by atoms with E-state index in [1.54, 1.807) is 0 Å². The second-order valence-electron chi connectivity index (χ2n) is 12.5. The van der Waals surface area contributed by atoms with Gasteiger partial charge in [-0.05, 0) is 155 Å². The second kappa shape index (κ2) is 11.1. The first-order chi connectivity index (χ1) is 20.2. The number of ether oxygens (including phenoxy) is 2. The maximum atomic E-state index is 6.43. The maximum Gasteiger partial charge on any atom is 0.161 e. The summed E-state index contributed by atoms with van der Waals surface area (Å²) in [6, 6.07) is 18.8. The molecule has 216 valence electrons. The highest BCUT2D eigenvalue weighted by atomic mass is 16.5. The van der Waals surface area contributed by atoms with Crippen LogP contribution in [-0.4, -0.2) is 13.2 Å². The minimum Gasteiger partial charge on any atom is -0.490 e. The lowest BCUT2D eigenvalue weighted by molar-refractivity contribution is 0.262. The third kappa shape index (κ3) is 4.66. The molecule has 0 saturated heterocycles. The van der Waals surface area contributed by atoms with Crippen molar-refractivity contribution in [2.24, 2.45) is 0 Å². The Morgan fingerprint density at radius 3 is 1.21 bits per heavy atom. The summed E-state index contributed by atoms with van der Waals surface area (Å²) in [5.74, 6) is 1.72. The quantitative estimate of drug-likeness (QED) is 0.174. The van der Waals surface area contributed by atoms with Gasteiger partial charge in [0, 0.05) is 0 Å². The zero-order chi connectivity index (χ0) is 29.7. The largest absolute Gasteiger partial charge is 0.490 e. The van der Waals surface area contributed by atoms with Crippen LogP contribution < -0.4 is 9.47 Å². The SMILES string of the molecule is CCCCOc1cc2c(cc1OCCCC)c1cc3c(C)cc(C)cc(C)c-3c1c1c3c(C)cc(C)cc(C)c-3cc21. The summed E-state index contributed by atoms with van der Waals surface area (Å²) in [5.41, 5.74) is 13.3. The number of hydrogen-bond donors (Lipinski definition) is 0. The Morgan fingerprint density at radius 2 is 0.833 bits per heavy atom. The molecule has 4 aliphatic carbocycles. The van der Waals surface area contributed by atoms with Crippen LogP contribution in [0.25, 0.3) is 54.6 Å². The van der Waals surface area contributed by atoms with E-state index in [2.05, 4.69) is 104 Å². The van der Waals surface area contributed by atoms with Crippen molar-refractivity contribution in [3.8, 4) is 33.8 Å². The average molecular weight is 557 g/mol. The molecule has 4 aliphatic rings. The lowest BCUT2D eigenvalue weighted by Crippen LogP contribution is -2.02. The van der Waals surface area contributed by atoms with E-state index < -0.39 is 0 Å². The predicted molar refractivity (Wildman–Crippen MR) is 181 cm³/mol. The third-order valence-electron chi connectivity index (χ3n) is 8.99. The highest BCUT2D eigenvalue weighted by Crippen LogP contribution is 2.52. The van der Waals surface area contributed by atoms with Gasteiger partial charge in [-0.15, -0.1) is 0 Å². The molecule has 0 saturated carbocycles. The maximum absolute atomic E-state index is 6.43. The molecule has 6 rings (SSSR count). The van der Waals surface area contributed by atoms with Crippen molar-refractivity contribution < 1.29 is 9.47 Å². The van der Waals surface area contributed by atoms with Crippen LogP contribution in [0.15, 0.2) is 48.5 Å². The van der Waals surface area contributed by atoms with E-state index in [1.807, 2.05) is 0 Å². The molecule has 2 heteroatoms. The molecule has 2 aromatic carbocycles. The molecular weight excluding hydrogens is 512 g/mol. The summed E-state index contributed by atoms with van der Waals surface area (Å²) >= 11 is 0. The Labute approximate surface area is 251 Å². The Bertz CT molecular complexity index is 1770. The van der Waals surface area contributed by atoms with Crippen LogP contribution in [0.5, 0.6) is 11.5 Å². The first-order valence-electron chi connectivity index (χ1n) is 15.8. The lowest BCUT2D eigenvalue weighted by Gasteiger charge is -2.16. The molecule has 0 aliphatic heterocycles. The molecule has 0 aromatic heterocycles. The highest BCUT2D eigenvalue weighted by Gasteiger charge is 2.26. The number of rotatable bonds is 8. The van der Waals surface area contributed by atoms with E-state index in [9.17, 15) is 0 Å². The van der Waals surface area contributed by atoms with Gasteiger partial charge < -0.3 is 9.47 Å². The zero-order valence-electron chi connectivity index (χ0n) is 26.7. The molecule has 0 amide bonds. The molecule has 2 nitrogen and oxygen atoms in total. The molecule has 0 unspecified atom stereocenters. The van der Waals surface area contributed by atoms with Crippen molar-refractivity contribution in [2.45, 2.75) is 81.1 Å². The van der Waals surface area contributed by atoms with E-state index in [1.165, 1.54) is 88.0 Å². The van der Waals surface area contributed by atoms with Crippen LogP contribution in [0, 0.1) is 41.5 Å². The summed E-state index contributed by atoms with van der Waals surface area (Å²) in [5, 5.41) is 7.82. The van der Waals surface area contributed by atoms with Gasteiger partial charge >= 0.3 is 0 Å². The zero-order valence-corrected chi connectivity index (χ0v) is 26.7. The summed E-state index contributed by atoms with van der Waals surface area (Å²) in [6.45, 7) is 19.3. The average Bonchev–Trinajstić information content (AvgIpc) is 3.48. The Morgan fingerprint density at radius 1 is 0.452 bits per heavy atom. The van der Waals surface area contributed by atoms with Gasteiger partial charge in [0.1, 0.15) is 0 Å². The van der Waals surface area contributed by atoms with Crippen molar-refractivity contribution in [3.63, 3.8) is 0 Å². The van der Waals surface area contributed by atoms with Crippen LogP contribution in [0.4, 0.5) is 0 Å². The van der Waals surface area contributed by atoms with Gasteiger partial charge in [0.15, 0.2) is 11.5 Å². The Balaban J connectivity index is 1.84. The number of hydrogen-bond acceptors (Lipinski definition) is 2. The van der Waals surface area contributed by atoms with Crippen LogP contribution >= 0.6 is 0 Å². The van der Waals surface area contributed by atoms with Gasteiger partial charge in [-0.25, -0.2) is 0 Å². The fourth-order valence-corrected chi connectivity index (χ4v) is 7.13. The number of fused-ring (bicyclic) bond motifs is 10. The molecule has 0 radical (unpaired) electrons. The van der Waals surface area contributed by atoms with E-state index in [0.29, 0.717) is 13.2 Å². The van der Waals surface area contributed by atoms with Gasteiger partial charge in [0.05, 0.1) is 13.2 Å². The first-order valence-corrected chi connectivity index (χ1v) is 15.8. The monoisotopic (exact) mass is 556 g/mol. The van der Waals surface area contributed by atoms with Gasteiger partial charge in [0.25, 0.3) is 0 Å². The Hall–Kier alpha value is -3.78. The van der Waals surface area contributed by atoms with E-state index in [0.717, 1.165) is 37.2 Å². The summed E-state index contributed by atoms with van der Waals surface area (Å²) in [6.07, 6.45) is 4.25. The van der Waals surface area contributed by atoms with Crippen molar-refractivity contribution in [1.82, 2.24) is 0 Å².